The molecule has 3 N–H and O–H groups in total. The maximum Gasteiger partial charge on any atom is 0.323 e. The maximum absolute atomic E-state index is 12.9. The van der Waals surface area contributed by atoms with E-state index in [1.54, 1.807) is 36.0 Å². The Kier molecular flexibility index (Phi) is 6.16. The van der Waals surface area contributed by atoms with Crippen LogP contribution in [0.5, 0.6) is 0 Å². The van der Waals surface area contributed by atoms with Gasteiger partial charge in [0.25, 0.3) is 5.91 Å². The van der Waals surface area contributed by atoms with E-state index in [-0.39, 0.29) is 17.9 Å². The number of carbonyl (C=O) groups excluding carboxylic acids is 1. The Morgan fingerprint density at radius 1 is 1.07 bits per heavy atom. The Labute approximate surface area is 162 Å². The zero-order valence-corrected chi connectivity index (χ0v) is 15.5. The number of carbonyl (C=O) groups is 2. The van der Waals surface area contributed by atoms with E-state index >= 15 is 0 Å². The van der Waals surface area contributed by atoms with Gasteiger partial charge in [-0.3, -0.25) is 14.5 Å². The second-order valence-electron chi connectivity index (χ2n) is 6.06. The van der Waals surface area contributed by atoms with Crippen LogP contribution >= 0.6 is 11.8 Å². The van der Waals surface area contributed by atoms with Crippen LogP contribution in [0.3, 0.4) is 0 Å². The number of nitrogens with zero attached hydrogens (tertiary/aromatic N) is 2. The lowest BCUT2D eigenvalue weighted by Gasteiger charge is -2.33. The summed E-state index contributed by atoms with van der Waals surface area (Å²) < 4.78 is 0. The number of nitrogens with two attached hydrogens (primary N) is 1. The van der Waals surface area contributed by atoms with Crippen molar-refractivity contribution in [3.05, 3.63) is 83.0 Å². The normalized spacial score (nSPS) is 16.1. The van der Waals surface area contributed by atoms with Crippen LogP contribution in [0.4, 0.5) is 0 Å². The molecule has 0 aromatic heterocycles. The molecule has 0 fully saturated rings. The maximum atomic E-state index is 12.9. The summed E-state index contributed by atoms with van der Waals surface area (Å²) in [6.07, 6.45) is 0.739. The van der Waals surface area contributed by atoms with Gasteiger partial charge in [-0.15, -0.1) is 11.8 Å². The molecular weight excluding hydrogens is 362 g/mol. The van der Waals surface area contributed by atoms with Gasteiger partial charge >= 0.3 is 5.97 Å². The van der Waals surface area contributed by atoms with Crippen molar-refractivity contribution in [2.75, 3.05) is 13.2 Å². The third kappa shape index (κ3) is 4.50. The first-order valence-electron chi connectivity index (χ1n) is 8.55. The second-order valence-corrected chi connectivity index (χ2v) is 7.11. The molecule has 0 aliphatic carbocycles. The van der Waals surface area contributed by atoms with Crippen molar-refractivity contribution in [2.45, 2.75) is 11.8 Å². The monoisotopic (exact) mass is 383 g/mol. The summed E-state index contributed by atoms with van der Waals surface area (Å²) in [5.74, 6) is -0.906. The first-order valence-corrected chi connectivity index (χ1v) is 9.49. The fraction of sp³-hybridized carbons (Fsp3) is 0.200. The lowest BCUT2D eigenvalue weighted by atomic mass is 10.1. The summed E-state index contributed by atoms with van der Waals surface area (Å²) in [6, 6.07) is 18.7. The van der Waals surface area contributed by atoms with E-state index in [1.807, 2.05) is 46.7 Å². The van der Waals surface area contributed by atoms with Crippen molar-refractivity contribution in [1.29, 1.82) is 0 Å². The molecule has 1 amide bonds. The van der Waals surface area contributed by atoms with Crippen molar-refractivity contribution in [3.8, 4) is 0 Å². The molecule has 0 spiro atoms. The average molecular weight is 383 g/mol. The molecule has 1 aliphatic heterocycles. The van der Waals surface area contributed by atoms with Gasteiger partial charge in [-0.25, -0.2) is 0 Å². The summed E-state index contributed by atoms with van der Waals surface area (Å²) in [7, 11) is 0. The first kappa shape index (κ1) is 19.0. The molecule has 1 heterocycles. The number of hydrogen-bond donors (Lipinski definition) is 2. The smallest absolute Gasteiger partial charge is 0.323 e. The van der Waals surface area contributed by atoms with E-state index in [4.69, 9.17) is 5.73 Å². The highest BCUT2D eigenvalue weighted by molar-refractivity contribution is 8.02. The van der Waals surface area contributed by atoms with E-state index in [9.17, 15) is 14.7 Å². The Morgan fingerprint density at radius 3 is 2.30 bits per heavy atom. The standard InChI is InChI=1S/C20H21N3O3S/c21-14-23-17(13-27-18(23)11-15-7-3-1-4-8-15)22(12-19(24)25)20(26)16-9-5-2-6-10-16/h1-10,13,18H,11-12,14,21H2,(H,24,25). The fourth-order valence-electron chi connectivity index (χ4n) is 2.96. The van der Waals surface area contributed by atoms with Crippen LogP contribution < -0.4 is 5.73 Å². The number of aliphatic carboxylic acids is 1. The van der Waals surface area contributed by atoms with E-state index in [0.717, 1.165) is 12.0 Å². The Balaban J connectivity index is 1.83. The molecule has 6 nitrogen and oxygen atoms in total. The van der Waals surface area contributed by atoms with Gasteiger partial charge in [-0.05, 0) is 17.7 Å². The van der Waals surface area contributed by atoms with Crippen LogP contribution in [0.25, 0.3) is 0 Å². The van der Waals surface area contributed by atoms with Crippen molar-refractivity contribution in [2.24, 2.45) is 5.73 Å². The van der Waals surface area contributed by atoms with Gasteiger partial charge in [0.2, 0.25) is 0 Å². The number of thioether (sulfide) groups is 1. The molecule has 2 aromatic rings. The molecule has 1 unspecified atom stereocenters. The summed E-state index contributed by atoms with van der Waals surface area (Å²) in [5, 5.41) is 11.2. The highest BCUT2D eigenvalue weighted by Crippen LogP contribution is 2.34. The van der Waals surface area contributed by atoms with E-state index in [0.29, 0.717) is 11.4 Å². The Hall–Kier alpha value is -2.77. The van der Waals surface area contributed by atoms with Gasteiger partial charge in [-0.2, -0.15) is 0 Å². The SMILES string of the molecule is NCN1C(N(CC(=O)O)C(=O)c2ccccc2)=CSC1Cc1ccccc1. The number of rotatable bonds is 7. The summed E-state index contributed by atoms with van der Waals surface area (Å²) in [4.78, 5) is 27.5. The summed E-state index contributed by atoms with van der Waals surface area (Å²) in [6.45, 7) is -0.233. The highest BCUT2D eigenvalue weighted by atomic mass is 32.2. The van der Waals surface area contributed by atoms with Crippen molar-refractivity contribution >= 4 is 23.6 Å². The Morgan fingerprint density at radius 2 is 1.70 bits per heavy atom. The number of carboxylic acids is 1. The summed E-state index contributed by atoms with van der Waals surface area (Å²) >= 11 is 1.54. The number of amides is 1. The van der Waals surface area contributed by atoms with Crippen LogP contribution in [0.15, 0.2) is 71.9 Å². The average Bonchev–Trinajstić information content (AvgIpc) is 3.09. The molecule has 0 radical (unpaired) electrons. The molecule has 1 atom stereocenters. The molecule has 0 saturated carbocycles. The third-order valence-electron chi connectivity index (χ3n) is 4.26. The van der Waals surface area contributed by atoms with Crippen LogP contribution in [-0.4, -0.2) is 45.4 Å². The Bertz CT molecular complexity index is 827. The molecule has 2 aromatic carbocycles. The van der Waals surface area contributed by atoms with Gasteiger partial charge in [0.15, 0.2) is 0 Å². The quantitative estimate of drug-likeness (QED) is 0.764. The second kappa shape index (κ2) is 8.75. The van der Waals surface area contributed by atoms with E-state index in [2.05, 4.69) is 0 Å². The summed E-state index contributed by atoms with van der Waals surface area (Å²) in [5.41, 5.74) is 7.56. The molecule has 0 bridgehead atoms. The van der Waals surface area contributed by atoms with Gasteiger partial charge < -0.3 is 15.7 Å². The highest BCUT2D eigenvalue weighted by Gasteiger charge is 2.33. The van der Waals surface area contributed by atoms with E-state index in [1.165, 1.54) is 4.90 Å². The van der Waals surface area contributed by atoms with Crippen molar-refractivity contribution in [1.82, 2.24) is 9.80 Å². The zero-order chi connectivity index (χ0) is 19.2. The zero-order valence-electron chi connectivity index (χ0n) is 14.7. The van der Waals surface area contributed by atoms with Crippen LogP contribution in [0, 0.1) is 0 Å². The van der Waals surface area contributed by atoms with Crippen molar-refractivity contribution < 1.29 is 14.7 Å². The molecule has 1 aliphatic rings. The number of carboxylic acid groups (broad SMARTS) is 1. The molecular formula is C20H21N3O3S. The lowest BCUT2D eigenvalue weighted by molar-refractivity contribution is -0.137. The minimum absolute atomic E-state index is 0.00673. The minimum atomic E-state index is -1.08. The fourth-order valence-corrected chi connectivity index (χ4v) is 4.13. The molecule has 0 saturated heterocycles. The first-order chi connectivity index (χ1) is 13.1. The van der Waals surface area contributed by atoms with E-state index < -0.39 is 12.5 Å². The van der Waals surface area contributed by atoms with Crippen LogP contribution in [-0.2, 0) is 11.2 Å². The molecule has 3 rings (SSSR count). The predicted molar refractivity (Wildman–Crippen MR) is 106 cm³/mol. The van der Waals surface area contributed by atoms with Gasteiger partial charge in [0, 0.05) is 17.4 Å². The van der Waals surface area contributed by atoms with Gasteiger partial charge in [0.05, 0.1) is 12.0 Å². The van der Waals surface area contributed by atoms with Crippen molar-refractivity contribution in [3.63, 3.8) is 0 Å². The molecule has 7 heteroatoms. The minimum Gasteiger partial charge on any atom is -0.480 e. The molecule has 27 heavy (non-hydrogen) atoms. The van der Waals surface area contributed by atoms with Gasteiger partial charge in [-0.1, -0.05) is 48.5 Å². The van der Waals surface area contributed by atoms with Gasteiger partial charge in [0.1, 0.15) is 12.4 Å². The van der Waals surface area contributed by atoms with Crippen LogP contribution in [0.2, 0.25) is 0 Å². The topological polar surface area (TPSA) is 86.9 Å². The lowest BCUT2D eigenvalue weighted by Crippen LogP contribution is -2.45. The predicted octanol–water partition coefficient (Wildman–Crippen LogP) is 2.55. The third-order valence-corrected chi connectivity index (χ3v) is 5.34. The largest absolute Gasteiger partial charge is 0.480 e. The number of hydrogen-bond acceptors (Lipinski definition) is 5. The molecule has 140 valence electrons. The number of benzene rings is 2. The van der Waals surface area contributed by atoms with Crippen LogP contribution in [0.1, 0.15) is 15.9 Å².